The summed E-state index contributed by atoms with van der Waals surface area (Å²) >= 11 is 2.91. The second-order valence-electron chi connectivity index (χ2n) is 7.56. The molecule has 0 saturated carbocycles. The summed E-state index contributed by atoms with van der Waals surface area (Å²) in [5.74, 6) is 0.363. The van der Waals surface area contributed by atoms with Gasteiger partial charge in [-0.25, -0.2) is 4.98 Å². The molecule has 0 fully saturated rings. The molecule has 2 heterocycles. The Morgan fingerprint density at radius 3 is 2.59 bits per heavy atom. The van der Waals surface area contributed by atoms with Gasteiger partial charge in [0.2, 0.25) is 11.8 Å². The summed E-state index contributed by atoms with van der Waals surface area (Å²) in [6.45, 7) is 2.29. The van der Waals surface area contributed by atoms with Crippen LogP contribution in [0.5, 0.6) is 5.75 Å². The summed E-state index contributed by atoms with van der Waals surface area (Å²) in [6.07, 6.45) is 2.50. The van der Waals surface area contributed by atoms with Crippen molar-refractivity contribution in [3.63, 3.8) is 0 Å². The zero-order valence-electron chi connectivity index (χ0n) is 18.7. The lowest BCUT2D eigenvalue weighted by molar-refractivity contribution is -0.126. The Kier molecular flexibility index (Phi) is 8.06. The first-order valence-electron chi connectivity index (χ1n) is 11.0. The molecule has 6 nitrogen and oxygen atoms in total. The van der Waals surface area contributed by atoms with Crippen molar-refractivity contribution in [2.45, 2.75) is 32.4 Å². The third-order valence-corrected chi connectivity index (χ3v) is 6.95. The molecule has 2 aromatic heterocycles. The van der Waals surface area contributed by atoms with Crippen LogP contribution < -0.4 is 15.4 Å². The van der Waals surface area contributed by atoms with E-state index in [0.29, 0.717) is 18.2 Å². The number of anilines is 1. The van der Waals surface area contributed by atoms with Crippen molar-refractivity contribution < 1.29 is 14.3 Å². The maximum atomic E-state index is 12.8. The van der Waals surface area contributed by atoms with Gasteiger partial charge in [-0.2, -0.15) is 0 Å². The van der Waals surface area contributed by atoms with Crippen LogP contribution in [0.1, 0.15) is 23.8 Å². The van der Waals surface area contributed by atoms with Gasteiger partial charge in [0.25, 0.3) is 0 Å². The van der Waals surface area contributed by atoms with Crippen LogP contribution in [0.15, 0.2) is 78.3 Å². The van der Waals surface area contributed by atoms with Gasteiger partial charge < -0.3 is 15.4 Å². The third-order valence-electron chi connectivity index (χ3n) is 5.13. The lowest BCUT2D eigenvalue weighted by Crippen LogP contribution is -2.43. The van der Waals surface area contributed by atoms with Crippen molar-refractivity contribution in [1.82, 2.24) is 10.3 Å². The van der Waals surface area contributed by atoms with E-state index in [1.165, 1.54) is 22.7 Å². The Morgan fingerprint density at radius 1 is 1.03 bits per heavy atom. The first-order chi connectivity index (χ1) is 16.6. The van der Waals surface area contributed by atoms with Crippen LogP contribution in [0.2, 0.25) is 0 Å². The normalized spacial score (nSPS) is 11.6. The smallest absolute Gasteiger partial charge is 0.248 e. The summed E-state index contributed by atoms with van der Waals surface area (Å²) in [6, 6.07) is 20.8. The number of rotatable bonds is 10. The van der Waals surface area contributed by atoms with Crippen molar-refractivity contribution in [2.24, 2.45) is 0 Å². The maximum Gasteiger partial charge on any atom is 0.248 e. The summed E-state index contributed by atoms with van der Waals surface area (Å²) in [5, 5.41) is 8.09. The van der Waals surface area contributed by atoms with Gasteiger partial charge in [0.05, 0.1) is 11.3 Å². The number of hydrogen-bond acceptors (Lipinski definition) is 6. The summed E-state index contributed by atoms with van der Waals surface area (Å²) in [4.78, 5) is 31.4. The highest BCUT2D eigenvalue weighted by atomic mass is 32.1. The monoisotopic (exact) mass is 491 g/mol. The predicted octanol–water partition coefficient (Wildman–Crippen LogP) is 5.53. The average Bonchev–Trinajstić information content (AvgIpc) is 3.54. The maximum absolute atomic E-state index is 12.8. The Balaban J connectivity index is 1.39. The number of benzene rings is 2. The van der Waals surface area contributed by atoms with Crippen molar-refractivity contribution in [2.75, 3.05) is 5.32 Å². The van der Waals surface area contributed by atoms with Gasteiger partial charge in [0, 0.05) is 11.1 Å². The number of amides is 2. The average molecular weight is 492 g/mol. The first-order valence-corrected chi connectivity index (χ1v) is 12.7. The lowest BCUT2D eigenvalue weighted by atomic mass is 10.1. The highest BCUT2D eigenvalue weighted by molar-refractivity contribution is 7.19. The molecule has 0 aliphatic carbocycles. The Hall–Kier alpha value is -3.49. The molecule has 0 spiro atoms. The molecule has 0 saturated heterocycles. The van der Waals surface area contributed by atoms with Crippen molar-refractivity contribution >= 4 is 39.6 Å². The van der Waals surface area contributed by atoms with Gasteiger partial charge in [0.15, 0.2) is 5.13 Å². The van der Waals surface area contributed by atoms with E-state index in [2.05, 4.69) is 15.6 Å². The second kappa shape index (κ2) is 11.6. The highest BCUT2D eigenvalue weighted by Gasteiger charge is 2.21. The number of carbonyl (C=O) groups is 2. The molecule has 2 aromatic carbocycles. The number of carbonyl (C=O) groups excluding carboxylic acids is 2. The molecule has 1 atom stereocenters. The molecule has 1 unspecified atom stereocenters. The number of nitrogens with zero attached hydrogens (tertiary/aromatic N) is 1. The number of thiophene rings is 1. The molecule has 0 aliphatic heterocycles. The van der Waals surface area contributed by atoms with E-state index in [9.17, 15) is 9.59 Å². The summed E-state index contributed by atoms with van der Waals surface area (Å²) in [7, 11) is 0. The first kappa shape index (κ1) is 23.7. The van der Waals surface area contributed by atoms with Gasteiger partial charge in [0.1, 0.15) is 18.4 Å². The third kappa shape index (κ3) is 6.30. The minimum absolute atomic E-state index is 0.170. The molecule has 2 amide bonds. The van der Waals surface area contributed by atoms with Crippen LogP contribution in [0, 0.1) is 0 Å². The Bertz CT molecular complexity index is 1220. The summed E-state index contributed by atoms with van der Waals surface area (Å²) in [5.41, 5.74) is 2.04. The quantitative estimate of drug-likeness (QED) is 0.306. The number of aromatic nitrogens is 1. The number of nitrogens with one attached hydrogen (secondary N) is 2. The van der Waals surface area contributed by atoms with Crippen LogP contribution in [0.3, 0.4) is 0 Å². The van der Waals surface area contributed by atoms with Crippen LogP contribution in [0.4, 0.5) is 5.13 Å². The molecule has 34 heavy (non-hydrogen) atoms. The highest BCUT2D eigenvalue weighted by Crippen LogP contribution is 2.32. The number of para-hydroxylation sites is 1. The standard InChI is InChI=1S/C26H25N3O3S2/c1-2-22(28-24(30)15-20-12-8-14-33-20)25(31)29-26-27-16-23(34-26)21-13-7-6-9-18(21)17-32-19-10-4-3-5-11-19/h3-14,16,22H,2,15,17H2,1H3,(H,28,30)(H,27,29,31). The van der Waals surface area contributed by atoms with Crippen molar-refractivity contribution in [3.05, 3.63) is 88.7 Å². The Morgan fingerprint density at radius 2 is 1.82 bits per heavy atom. The second-order valence-corrected chi connectivity index (χ2v) is 9.63. The molecule has 174 valence electrons. The van der Waals surface area contributed by atoms with E-state index in [1.54, 1.807) is 6.20 Å². The summed E-state index contributed by atoms with van der Waals surface area (Å²) < 4.78 is 5.92. The van der Waals surface area contributed by atoms with E-state index < -0.39 is 6.04 Å². The molecular formula is C26H25N3O3S2. The Labute approximate surface area is 206 Å². The molecule has 4 aromatic rings. The molecule has 8 heteroatoms. The number of thiazole rings is 1. The van der Waals surface area contributed by atoms with E-state index >= 15 is 0 Å². The number of ether oxygens (including phenoxy) is 1. The zero-order chi connectivity index (χ0) is 23.8. The van der Waals surface area contributed by atoms with E-state index in [-0.39, 0.29) is 18.2 Å². The lowest BCUT2D eigenvalue weighted by Gasteiger charge is -2.15. The van der Waals surface area contributed by atoms with Gasteiger partial charge >= 0.3 is 0 Å². The molecule has 0 aliphatic rings. The predicted molar refractivity (Wildman–Crippen MR) is 137 cm³/mol. The van der Waals surface area contributed by atoms with E-state index in [4.69, 9.17) is 4.74 Å². The fourth-order valence-corrected chi connectivity index (χ4v) is 4.97. The van der Waals surface area contributed by atoms with Gasteiger partial charge in [-0.05, 0) is 41.1 Å². The van der Waals surface area contributed by atoms with Gasteiger partial charge in [-0.1, -0.05) is 66.8 Å². The van der Waals surface area contributed by atoms with Crippen LogP contribution in [-0.2, 0) is 22.6 Å². The largest absolute Gasteiger partial charge is 0.489 e. The van der Waals surface area contributed by atoms with E-state index in [0.717, 1.165) is 26.6 Å². The van der Waals surface area contributed by atoms with Crippen LogP contribution >= 0.6 is 22.7 Å². The van der Waals surface area contributed by atoms with Crippen LogP contribution in [0.25, 0.3) is 10.4 Å². The minimum atomic E-state index is -0.619. The fraction of sp³-hybridized carbons (Fsp3) is 0.192. The van der Waals surface area contributed by atoms with Gasteiger partial charge in [-0.3, -0.25) is 9.59 Å². The molecular weight excluding hydrogens is 466 g/mol. The molecule has 2 N–H and O–H groups in total. The van der Waals surface area contributed by atoms with Crippen molar-refractivity contribution in [3.8, 4) is 16.2 Å². The molecule has 4 rings (SSSR count). The van der Waals surface area contributed by atoms with E-state index in [1.807, 2.05) is 79.0 Å². The molecule has 0 radical (unpaired) electrons. The van der Waals surface area contributed by atoms with Crippen LogP contribution in [-0.4, -0.2) is 22.8 Å². The van der Waals surface area contributed by atoms with Gasteiger partial charge in [-0.15, -0.1) is 11.3 Å². The van der Waals surface area contributed by atoms with Crippen molar-refractivity contribution in [1.29, 1.82) is 0 Å². The number of hydrogen-bond donors (Lipinski definition) is 2. The SMILES string of the molecule is CCC(NC(=O)Cc1cccs1)C(=O)Nc1ncc(-c2ccccc2COc2ccccc2)s1. The minimum Gasteiger partial charge on any atom is -0.489 e. The zero-order valence-corrected chi connectivity index (χ0v) is 20.3. The topological polar surface area (TPSA) is 80.3 Å². The molecule has 0 bridgehead atoms. The fourth-order valence-electron chi connectivity index (χ4n) is 3.38.